The summed E-state index contributed by atoms with van der Waals surface area (Å²) in [6.07, 6.45) is 4.50. The fraction of sp³-hybridized carbons (Fsp3) is 0.900. The molecule has 1 amide bonds. The molecule has 160 valence electrons. The van der Waals surface area contributed by atoms with E-state index in [9.17, 15) is 9.90 Å². The molecular formula is C20H36N4O3S. The molecule has 0 aliphatic carbocycles. The average Bonchev–Trinajstić information content (AvgIpc) is 3.14. The molecule has 0 saturated carbocycles. The number of nitrogens with zero attached hydrogens (tertiary/aromatic N) is 2. The van der Waals surface area contributed by atoms with Crippen molar-refractivity contribution < 1.29 is 14.6 Å². The van der Waals surface area contributed by atoms with Crippen LogP contribution in [-0.4, -0.2) is 76.0 Å². The van der Waals surface area contributed by atoms with Crippen molar-refractivity contribution in [1.82, 2.24) is 15.5 Å². The largest absolute Gasteiger partial charge is 0.444 e. The normalized spacial score (nSPS) is 33.1. The smallest absolute Gasteiger partial charge is 0.410 e. The van der Waals surface area contributed by atoms with Gasteiger partial charge in [-0.25, -0.2) is 4.79 Å². The maximum absolute atomic E-state index is 12.6. The molecule has 2 bridgehead atoms. The van der Waals surface area contributed by atoms with Crippen LogP contribution >= 0.6 is 11.8 Å². The third-order valence-corrected chi connectivity index (χ3v) is 6.87. The fourth-order valence-electron chi connectivity index (χ4n) is 4.37. The molecule has 0 spiro atoms. The van der Waals surface area contributed by atoms with E-state index in [2.05, 4.69) is 15.6 Å². The number of nitrogens with one attached hydrogen (secondary N) is 2. The summed E-state index contributed by atoms with van der Waals surface area (Å²) in [6.45, 7) is 9.00. The number of amides is 1. The first-order valence-corrected chi connectivity index (χ1v) is 11.7. The zero-order valence-corrected chi connectivity index (χ0v) is 18.5. The molecule has 3 aliphatic heterocycles. The summed E-state index contributed by atoms with van der Waals surface area (Å²) in [4.78, 5) is 19.2. The number of hydrogen-bond donors (Lipinski definition) is 3. The first-order chi connectivity index (χ1) is 13.2. The second-order valence-electron chi connectivity index (χ2n) is 9.31. The van der Waals surface area contributed by atoms with Crippen LogP contribution in [0, 0.1) is 0 Å². The van der Waals surface area contributed by atoms with E-state index in [1.807, 2.05) is 32.6 Å². The number of carbonyl (C=O) groups is 1. The van der Waals surface area contributed by atoms with Gasteiger partial charge in [-0.3, -0.25) is 4.99 Å². The van der Waals surface area contributed by atoms with Gasteiger partial charge in [-0.05, 0) is 65.6 Å². The van der Waals surface area contributed by atoms with Crippen molar-refractivity contribution in [2.75, 3.05) is 24.6 Å². The summed E-state index contributed by atoms with van der Waals surface area (Å²) in [7, 11) is 0. The third kappa shape index (κ3) is 5.47. The highest BCUT2D eigenvalue weighted by Crippen LogP contribution is 2.37. The van der Waals surface area contributed by atoms with E-state index in [0.29, 0.717) is 6.54 Å². The van der Waals surface area contributed by atoms with Crippen LogP contribution in [0.25, 0.3) is 0 Å². The molecule has 0 radical (unpaired) electrons. The van der Waals surface area contributed by atoms with E-state index in [1.54, 1.807) is 11.8 Å². The minimum absolute atomic E-state index is 0.181. The van der Waals surface area contributed by atoms with Crippen molar-refractivity contribution in [3.8, 4) is 0 Å². The number of hydrogen-bond acceptors (Lipinski definition) is 5. The number of thioether (sulfide) groups is 1. The predicted molar refractivity (Wildman–Crippen MR) is 114 cm³/mol. The molecular weight excluding hydrogens is 376 g/mol. The number of piperidine rings is 1. The zero-order valence-electron chi connectivity index (χ0n) is 17.7. The van der Waals surface area contributed by atoms with Gasteiger partial charge in [0.1, 0.15) is 5.60 Å². The van der Waals surface area contributed by atoms with Gasteiger partial charge in [0.25, 0.3) is 0 Å². The lowest BCUT2D eigenvalue weighted by atomic mass is 9.98. The molecule has 3 fully saturated rings. The molecule has 0 aromatic carbocycles. The number of fused-ring (bicyclic) bond motifs is 2. The lowest BCUT2D eigenvalue weighted by Crippen LogP contribution is -2.55. The van der Waals surface area contributed by atoms with Crippen LogP contribution in [0.1, 0.15) is 59.8 Å². The molecule has 28 heavy (non-hydrogen) atoms. The second kappa shape index (κ2) is 8.69. The standard InChI is InChI=1S/C20H36N4O3S/c1-5-21-17(22-12-20(26)8-9-28-13-20)23-14-10-15-6-7-16(11-14)24(15)18(25)27-19(2,3)4/h14-16,26H,5-13H2,1-4H3,(H2,21,22,23). The Morgan fingerprint density at radius 1 is 1.32 bits per heavy atom. The summed E-state index contributed by atoms with van der Waals surface area (Å²) < 4.78 is 5.62. The van der Waals surface area contributed by atoms with Crippen LogP contribution in [-0.2, 0) is 4.74 Å². The van der Waals surface area contributed by atoms with E-state index in [-0.39, 0.29) is 24.2 Å². The highest BCUT2D eigenvalue weighted by Gasteiger charge is 2.45. The van der Waals surface area contributed by atoms with Gasteiger partial charge in [0, 0.05) is 30.4 Å². The third-order valence-electron chi connectivity index (χ3n) is 5.64. The van der Waals surface area contributed by atoms with Crippen LogP contribution in [0.4, 0.5) is 4.79 Å². The molecule has 3 rings (SSSR count). The number of ether oxygens (including phenoxy) is 1. The molecule has 0 aromatic rings. The first kappa shape index (κ1) is 21.6. The fourth-order valence-corrected chi connectivity index (χ4v) is 5.65. The topological polar surface area (TPSA) is 86.2 Å². The van der Waals surface area contributed by atoms with Gasteiger partial charge in [-0.15, -0.1) is 0 Å². The number of aliphatic imine (C=N–C) groups is 1. The highest BCUT2D eigenvalue weighted by atomic mass is 32.2. The van der Waals surface area contributed by atoms with Crippen LogP contribution in [0.15, 0.2) is 4.99 Å². The van der Waals surface area contributed by atoms with Gasteiger partial charge in [-0.1, -0.05) is 0 Å². The number of guanidine groups is 1. The van der Waals surface area contributed by atoms with Crippen LogP contribution in [0.3, 0.4) is 0 Å². The number of carbonyl (C=O) groups excluding carboxylic acids is 1. The molecule has 0 aromatic heterocycles. The minimum Gasteiger partial charge on any atom is -0.444 e. The van der Waals surface area contributed by atoms with Gasteiger partial charge >= 0.3 is 6.09 Å². The quantitative estimate of drug-likeness (QED) is 0.485. The van der Waals surface area contributed by atoms with E-state index >= 15 is 0 Å². The van der Waals surface area contributed by atoms with Crippen molar-refractivity contribution in [3.05, 3.63) is 0 Å². The maximum Gasteiger partial charge on any atom is 0.410 e. The maximum atomic E-state index is 12.6. The Balaban J connectivity index is 1.58. The summed E-state index contributed by atoms with van der Waals surface area (Å²) >= 11 is 1.79. The van der Waals surface area contributed by atoms with Gasteiger partial charge in [-0.2, -0.15) is 11.8 Å². The summed E-state index contributed by atoms with van der Waals surface area (Å²) in [6, 6.07) is 0.732. The molecule has 3 N–H and O–H groups in total. The molecule has 7 nitrogen and oxygen atoms in total. The molecule has 3 saturated heterocycles. The molecule has 3 aliphatic rings. The SMILES string of the molecule is CCNC(=NCC1(O)CCSC1)NC1CC2CCC(C1)N2C(=O)OC(C)(C)C. The Morgan fingerprint density at radius 2 is 2.00 bits per heavy atom. The Morgan fingerprint density at radius 3 is 2.54 bits per heavy atom. The zero-order chi connectivity index (χ0) is 20.4. The molecule has 8 heteroatoms. The monoisotopic (exact) mass is 412 g/mol. The number of rotatable bonds is 4. The number of aliphatic hydroxyl groups is 1. The second-order valence-corrected chi connectivity index (χ2v) is 10.4. The van der Waals surface area contributed by atoms with E-state index in [1.165, 1.54) is 0 Å². The summed E-state index contributed by atoms with van der Waals surface area (Å²) in [5.41, 5.74) is -1.14. The van der Waals surface area contributed by atoms with Crippen molar-refractivity contribution in [1.29, 1.82) is 0 Å². The average molecular weight is 413 g/mol. The van der Waals surface area contributed by atoms with Gasteiger partial charge in [0.15, 0.2) is 5.96 Å². The van der Waals surface area contributed by atoms with Gasteiger partial charge in [0.05, 0.1) is 12.1 Å². The van der Waals surface area contributed by atoms with Crippen molar-refractivity contribution in [2.24, 2.45) is 4.99 Å². The lowest BCUT2D eigenvalue weighted by Gasteiger charge is -2.40. The molecule has 3 heterocycles. The van der Waals surface area contributed by atoms with Gasteiger partial charge < -0.3 is 25.4 Å². The van der Waals surface area contributed by atoms with Crippen LogP contribution in [0.2, 0.25) is 0 Å². The molecule has 3 atom stereocenters. The predicted octanol–water partition coefficient (Wildman–Crippen LogP) is 2.34. The van der Waals surface area contributed by atoms with Crippen molar-refractivity contribution >= 4 is 23.8 Å². The Labute approximate surface area is 173 Å². The minimum atomic E-state index is -0.674. The lowest BCUT2D eigenvalue weighted by molar-refractivity contribution is 0.00542. The molecule has 3 unspecified atom stereocenters. The summed E-state index contributed by atoms with van der Waals surface area (Å²) in [5, 5.41) is 17.4. The Bertz CT molecular complexity index is 572. The van der Waals surface area contributed by atoms with Crippen molar-refractivity contribution in [3.63, 3.8) is 0 Å². The van der Waals surface area contributed by atoms with Crippen LogP contribution in [0.5, 0.6) is 0 Å². The van der Waals surface area contributed by atoms with E-state index < -0.39 is 11.2 Å². The Hall–Kier alpha value is -1.15. The van der Waals surface area contributed by atoms with Crippen LogP contribution < -0.4 is 10.6 Å². The van der Waals surface area contributed by atoms with E-state index in [4.69, 9.17) is 4.74 Å². The Kier molecular flexibility index (Phi) is 6.69. The summed E-state index contributed by atoms with van der Waals surface area (Å²) in [5.74, 6) is 2.53. The van der Waals surface area contributed by atoms with E-state index in [0.717, 1.165) is 56.1 Å². The van der Waals surface area contributed by atoms with Gasteiger partial charge in [0.2, 0.25) is 0 Å². The van der Waals surface area contributed by atoms with Crippen molar-refractivity contribution in [2.45, 2.75) is 89.1 Å². The highest BCUT2D eigenvalue weighted by molar-refractivity contribution is 7.99. The first-order valence-electron chi connectivity index (χ1n) is 10.6.